The molecular weight excluding hydrogens is 397 g/mol. The van der Waals surface area contributed by atoms with Crippen LogP contribution in [-0.2, 0) is 19.6 Å². The number of carbonyl (C=O) groups is 1. The maximum Gasteiger partial charge on any atom is 0.307 e. The molecule has 0 saturated heterocycles. The fraction of sp³-hybridized carbons (Fsp3) is 0.278. The summed E-state index contributed by atoms with van der Waals surface area (Å²) in [6.45, 7) is 3.50. The van der Waals surface area contributed by atoms with Crippen molar-refractivity contribution in [2.45, 2.75) is 31.2 Å². The van der Waals surface area contributed by atoms with Crippen LogP contribution in [0.5, 0.6) is 0 Å². The van der Waals surface area contributed by atoms with Crippen LogP contribution in [0.4, 0.5) is 5.69 Å². The predicted molar refractivity (Wildman–Crippen MR) is 103 cm³/mol. The van der Waals surface area contributed by atoms with E-state index in [4.69, 9.17) is 23.2 Å². The van der Waals surface area contributed by atoms with Gasteiger partial charge in [0.1, 0.15) is 0 Å². The molecule has 26 heavy (non-hydrogen) atoms. The van der Waals surface area contributed by atoms with Gasteiger partial charge in [-0.3, -0.25) is 9.10 Å². The Kier molecular flexibility index (Phi) is 6.55. The van der Waals surface area contributed by atoms with Gasteiger partial charge in [-0.2, -0.15) is 0 Å². The van der Waals surface area contributed by atoms with Crippen LogP contribution in [0.3, 0.4) is 0 Å². The first kappa shape index (κ1) is 20.6. The number of hydrogen-bond acceptors (Lipinski definition) is 4. The molecule has 0 spiro atoms. The molecule has 140 valence electrons. The van der Waals surface area contributed by atoms with Crippen molar-refractivity contribution in [1.29, 1.82) is 0 Å². The molecule has 0 saturated carbocycles. The van der Waals surface area contributed by atoms with Crippen LogP contribution in [0.1, 0.15) is 18.9 Å². The third kappa shape index (κ3) is 4.50. The lowest BCUT2D eigenvalue weighted by atomic mass is 10.2. The molecule has 0 bridgehead atoms. The van der Waals surface area contributed by atoms with E-state index in [0.717, 1.165) is 9.87 Å². The van der Waals surface area contributed by atoms with Crippen molar-refractivity contribution in [2.75, 3.05) is 11.4 Å². The molecule has 0 amide bonds. The summed E-state index contributed by atoms with van der Waals surface area (Å²) >= 11 is 12.0. The van der Waals surface area contributed by atoms with E-state index in [1.165, 1.54) is 31.4 Å². The highest BCUT2D eigenvalue weighted by atomic mass is 35.5. The quantitative estimate of drug-likeness (QED) is 0.653. The Morgan fingerprint density at radius 2 is 1.73 bits per heavy atom. The van der Waals surface area contributed by atoms with Crippen molar-refractivity contribution in [3.63, 3.8) is 0 Å². The van der Waals surface area contributed by atoms with Crippen molar-refractivity contribution >= 4 is 44.9 Å². The van der Waals surface area contributed by atoms with Gasteiger partial charge in [0.15, 0.2) is 0 Å². The minimum absolute atomic E-state index is 0.109. The Labute approximate surface area is 163 Å². The molecule has 0 heterocycles. The lowest BCUT2D eigenvalue weighted by molar-refractivity contribution is -0.140. The number of rotatable bonds is 6. The molecule has 8 heteroatoms. The number of ether oxygens (including phenoxy) is 1. The molecule has 2 aromatic rings. The predicted octanol–water partition coefficient (Wildman–Crippen LogP) is 4.45. The zero-order valence-electron chi connectivity index (χ0n) is 14.6. The lowest BCUT2D eigenvalue weighted by Crippen LogP contribution is -2.40. The highest BCUT2D eigenvalue weighted by Gasteiger charge is 2.31. The highest BCUT2D eigenvalue weighted by molar-refractivity contribution is 7.92. The zero-order chi connectivity index (χ0) is 19.5. The van der Waals surface area contributed by atoms with E-state index >= 15 is 0 Å². The number of anilines is 1. The Bertz CT molecular complexity index is 898. The molecule has 0 aliphatic heterocycles. The topological polar surface area (TPSA) is 63.7 Å². The third-order valence-electron chi connectivity index (χ3n) is 3.83. The molecule has 0 aromatic heterocycles. The van der Waals surface area contributed by atoms with Crippen LogP contribution in [0.15, 0.2) is 47.4 Å². The normalized spacial score (nSPS) is 12.5. The Balaban J connectivity index is 2.56. The summed E-state index contributed by atoms with van der Waals surface area (Å²) in [7, 11) is -2.67. The number of methoxy groups -OCH3 is 1. The maximum atomic E-state index is 13.2. The van der Waals surface area contributed by atoms with Crippen LogP contribution in [-0.4, -0.2) is 27.5 Å². The van der Waals surface area contributed by atoms with Crippen LogP contribution in [0, 0.1) is 6.92 Å². The molecule has 2 rings (SSSR count). The van der Waals surface area contributed by atoms with Gasteiger partial charge in [-0.15, -0.1) is 0 Å². The average molecular weight is 416 g/mol. The van der Waals surface area contributed by atoms with Crippen molar-refractivity contribution < 1.29 is 17.9 Å². The van der Waals surface area contributed by atoms with Gasteiger partial charge in [-0.05, 0) is 44.2 Å². The zero-order valence-corrected chi connectivity index (χ0v) is 16.9. The number of nitrogens with zero attached hydrogens (tertiary/aromatic N) is 1. The number of hydrogen-bond donors (Lipinski definition) is 0. The van der Waals surface area contributed by atoms with Crippen molar-refractivity contribution in [3.8, 4) is 0 Å². The minimum Gasteiger partial charge on any atom is -0.469 e. The van der Waals surface area contributed by atoms with Gasteiger partial charge in [0.25, 0.3) is 10.0 Å². The first-order chi connectivity index (χ1) is 12.2. The summed E-state index contributed by atoms with van der Waals surface area (Å²) in [6.07, 6.45) is -0.109. The maximum absolute atomic E-state index is 13.2. The minimum atomic E-state index is -3.93. The Hall–Kier alpha value is -1.76. The van der Waals surface area contributed by atoms with E-state index in [1.807, 2.05) is 6.92 Å². The molecule has 5 nitrogen and oxygen atoms in total. The van der Waals surface area contributed by atoms with Gasteiger partial charge in [-0.25, -0.2) is 8.42 Å². The third-order valence-corrected chi connectivity index (χ3v) is 6.52. The standard InChI is InChI=1S/C18H19Cl2NO4S/c1-12-4-7-15(8-5-12)26(23,24)21(13(2)10-18(22)25-3)14-6-9-16(19)17(20)11-14/h4-9,11,13H,10H2,1-3H3/t13-/m0/s1. The summed E-state index contributed by atoms with van der Waals surface area (Å²) in [4.78, 5) is 11.8. The van der Waals surface area contributed by atoms with E-state index in [2.05, 4.69) is 4.74 Å². The first-order valence-corrected chi connectivity index (χ1v) is 9.99. The molecular formula is C18H19Cl2NO4S. The first-order valence-electron chi connectivity index (χ1n) is 7.79. The number of halogens is 2. The van der Waals surface area contributed by atoms with Gasteiger partial charge >= 0.3 is 5.97 Å². The van der Waals surface area contributed by atoms with Gasteiger partial charge in [0.2, 0.25) is 0 Å². The second-order valence-electron chi connectivity index (χ2n) is 5.84. The monoisotopic (exact) mass is 415 g/mol. The number of aryl methyl sites for hydroxylation is 1. The number of sulfonamides is 1. The highest BCUT2D eigenvalue weighted by Crippen LogP contribution is 2.32. The summed E-state index contributed by atoms with van der Waals surface area (Å²) in [6, 6.07) is 10.3. The van der Waals surface area contributed by atoms with Gasteiger partial charge in [0, 0.05) is 0 Å². The van der Waals surface area contributed by atoms with Crippen LogP contribution >= 0.6 is 23.2 Å². The van der Waals surface area contributed by atoms with Crippen molar-refractivity contribution in [2.24, 2.45) is 0 Å². The number of carbonyl (C=O) groups excluding carboxylic acids is 1. The smallest absolute Gasteiger partial charge is 0.307 e. The van der Waals surface area contributed by atoms with Crippen LogP contribution in [0.2, 0.25) is 10.0 Å². The summed E-state index contributed by atoms with van der Waals surface area (Å²) < 4.78 is 32.3. The molecule has 0 N–H and O–H groups in total. The molecule has 0 radical (unpaired) electrons. The fourth-order valence-electron chi connectivity index (χ4n) is 2.48. The van der Waals surface area contributed by atoms with E-state index in [-0.39, 0.29) is 16.3 Å². The lowest BCUT2D eigenvalue weighted by Gasteiger charge is -2.30. The van der Waals surface area contributed by atoms with E-state index < -0.39 is 22.0 Å². The molecule has 0 unspecified atom stereocenters. The van der Waals surface area contributed by atoms with E-state index in [0.29, 0.717) is 10.7 Å². The largest absolute Gasteiger partial charge is 0.469 e. The van der Waals surface area contributed by atoms with Gasteiger partial charge < -0.3 is 4.74 Å². The average Bonchev–Trinajstić information content (AvgIpc) is 2.58. The second kappa shape index (κ2) is 8.29. The summed E-state index contributed by atoms with van der Waals surface area (Å²) in [5.41, 5.74) is 1.25. The molecule has 1 atom stereocenters. The van der Waals surface area contributed by atoms with Gasteiger partial charge in [0.05, 0.1) is 40.2 Å². The summed E-state index contributed by atoms with van der Waals surface area (Å²) in [5, 5.41) is 0.530. The molecule has 0 fully saturated rings. The molecule has 0 aliphatic carbocycles. The van der Waals surface area contributed by atoms with Crippen molar-refractivity contribution in [3.05, 3.63) is 58.1 Å². The van der Waals surface area contributed by atoms with Gasteiger partial charge in [-0.1, -0.05) is 40.9 Å². The number of benzene rings is 2. The molecule has 2 aromatic carbocycles. The number of esters is 1. The van der Waals surface area contributed by atoms with Crippen LogP contribution in [0.25, 0.3) is 0 Å². The molecule has 0 aliphatic rings. The van der Waals surface area contributed by atoms with E-state index in [9.17, 15) is 13.2 Å². The Morgan fingerprint density at radius 1 is 1.12 bits per heavy atom. The summed E-state index contributed by atoms with van der Waals surface area (Å²) in [5.74, 6) is -0.512. The van der Waals surface area contributed by atoms with E-state index in [1.54, 1.807) is 25.1 Å². The second-order valence-corrected chi connectivity index (χ2v) is 8.47. The van der Waals surface area contributed by atoms with Crippen LogP contribution < -0.4 is 4.31 Å². The Morgan fingerprint density at radius 3 is 2.27 bits per heavy atom. The SMILES string of the molecule is COC(=O)C[C@H](C)N(c1ccc(Cl)c(Cl)c1)S(=O)(=O)c1ccc(C)cc1. The van der Waals surface area contributed by atoms with Crippen molar-refractivity contribution in [1.82, 2.24) is 0 Å². The fourth-order valence-corrected chi connectivity index (χ4v) is 4.42.